The molecule has 122 valence electrons. The van der Waals surface area contributed by atoms with Crippen LogP contribution in [0, 0.1) is 5.92 Å². The van der Waals surface area contributed by atoms with Gasteiger partial charge in [0.15, 0.2) is 0 Å². The van der Waals surface area contributed by atoms with Crippen molar-refractivity contribution in [2.45, 2.75) is 59.6 Å². The molecule has 0 bridgehead atoms. The summed E-state index contributed by atoms with van der Waals surface area (Å²) in [5.74, 6) is -0.545. The highest BCUT2D eigenvalue weighted by atomic mass is 16.6. The van der Waals surface area contributed by atoms with Crippen molar-refractivity contribution >= 4 is 11.9 Å². The molecule has 0 aromatic carbocycles. The van der Waals surface area contributed by atoms with Gasteiger partial charge in [-0.1, -0.05) is 26.8 Å². The monoisotopic (exact) mass is 299 g/mol. The van der Waals surface area contributed by atoms with E-state index in [0.717, 1.165) is 6.42 Å². The first-order valence-corrected chi connectivity index (χ1v) is 7.47. The second-order valence-corrected chi connectivity index (χ2v) is 6.23. The normalized spacial score (nSPS) is 13.5. The van der Waals surface area contributed by atoms with Crippen LogP contribution in [0.4, 0.5) is 0 Å². The van der Waals surface area contributed by atoms with Gasteiger partial charge in [-0.25, -0.2) is 4.79 Å². The standard InChI is InChI=1S/C16H29NO4/c1-7-11-20-13(18)9-8-10-17-14(12(2)3)15(19)21-16(4,5)6/h8-9,12,14,17H,7,10-11H2,1-6H3/t14-/m0/s1. The summed E-state index contributed by atoms with van der Waals surface area (Å²) in [7, 11) is 0. The average Bonchev–Trinajstić information content (AvgIpc) is 2.33. The van der Waals surface area contributed by atoms with E-state index in [1.54, 1.807) is 6.08 Å². The predicted molar refractivity (Wildman–Crippen MR) is 82.9 cm³/mol. The smallest absolute Gasteiger partial charge is 0.330 e. The molecule has 0 aliphatic heterocycles. The molecule has 0 spiro atoms. The number of carbonyl (C=O) groups is 2. The van der Waals surface area contributed by atoms with E-state index < -0.39 is 11.6 Å². The lowest BCUT2D eigenvalue weighted by Gasteiger charge is -2.26. The second kappa shape index (κ2) is 9.55. The molecule has 0 aliphatic rings. The first-order valence-electron chi connectivity index (χ1n) is 7.47. The Balaban J connectivity index is 4.31. The summed E-state index contributed by atoms with van der Waals surface area (Å²) in [6.45, 7) is 12.2. The molecule has 0 fully saturated rings. The molecule has 1 N–H and O–H groups in total. The Kier molecular flexibility index (Phi) is 8.93. The fourth-order valence-electron chi connectivity index (χ4n) is 1.56. The van der Waals surface area contributed by atoms with Crippen molar-refractivity contribution in [2.24, 2.45) is 5.92 Å². The molecule has 0 unspecified atom stereocenters. The Labute approximate surface area is 128 Å². The summed E-state index contributed by atoms with van der Waals surface area (Å²) in [4.78, 5) is 23.3. The highest BCUT2D eigenvalue weighted by molar-refractivity contribution is 5.82. The maximum absolute atomic E-state index is 12.1. The molecular formula is C16H29NO4. The molecule has 0 aromatic rings. The SMILES string of the molecule is CCCOC(=O)C=CCN[C@H](C(=O)OC(C)(C)C)C(C)C. The first kappa shape index (κ1) is 19.6. The summed E-state index contributed by atoms with van der Waals surface area (Å²) in [6.07, 6.45) is 3.82. The van der Waals surface area contributed by atoms with E-state index in [1.807, 2.05) is 41.5 Å². The van der Waals surface area contributed by atoms with Crippen LogP contribution in [0.15, 0.2) is 12.2 Å². The van der Waals surface area contributed by atoms with Crippen LogP contribution in [-0.2, 0) is 19.1 Å². The molecule has 0 amide bonds. The zero-order valence-electron chi connectivity index (χ0n) is 14.1. The van der Waals surface area contributed by atoms with Crippen molar-refractivity contribution in [1.82, 2.24) is 5.32 Å². The lowest BCUT2D eigenvalue weighted by atomic mass is 10.0. The molecule has 1 atom stereocenters. The Bertz CT molecular complexity index is 356. The van der Waals surface area contributed by atoms with Crippen molar-refractivity contribution < 1.29 is 19.1 Å². The minimum absolute atomic E-state index is 0.0975. The zero-order valence-corrected chi connectivity index (χ0v) is 14.1. The summed E-state index contributed by atoms with van der Waals surface area (Å²) < 4.78 is 10.3. The number of nitrogens with one attached hydrogen (secondary N) is 1. The molecule has 0 radical (unpaired) electrons. The lowest BCUT2D eigenvalue weighted by Crippen LogP contribution is -2.44. The van der Waals surface area contributed by atoms with E-state index in [0.29, 0.717) is 13.2 Å². The Morgan fingerprint density at radius 2 is 1.86 bits per heavy atom. The van der Waals surface area contributed by atoms with Gasteiger partial charge in [-0.2, -0.15) is 0 Å². The Morgan fingerprint density at radius 3 is 2.33 bits per heavy atom. The largest absolute Gasteiger partial charge is 0.463 e. The molecule has 5 heteroatoms. The highest BCUT2D eigenvalue weighted by Crippen LogP contribution is 2.12. The van der Waals surface area contributed by atoms with E-state index in [9.17, 15) is 9.59 Å². The van der Waals surface area contributed by atoms with Gasteiger partial charge in [0.25, 0.3) is 0 Å². The van der Waals surface area contributed by atoms with Gasteiger partial charge in [-0.3, -0.25) is 4.79 Å². The van der Waals surface area contributed by atoms with Crippen LogP contribution in [0.3, 0.4) is 0 Å². The van der Waals surface area contributed by atoms with Crippen LogP contribution < -0.4 is 5.32 Å². The van der Waals surface area contributed by atoms with Gasteiger partial charge in [-0.05, 0) is 33.1 Å². The van der Waals surface area contributed by atoms with Crippen LogP contribution in [-0.4, -0.2) is 36.7 Å². The third kappa shape index (κ3) is 10.1. The molecule has 0 saturated carbocycles. The van der Waals surface area contributed by atoms with Gasteiger partial charge < -0.3 is 14.8 Å². The molecule has 0 saturated heterocycles. The fraction of sp³-hybridized carbons (Fsp3) is 0.750. The van der Waals surface area contributed by atoms with Crippen LogP contribution in [0.25, 0.3) is 0 Å². The number of ether oxygens (including phenoxy) is 2. The summed E-state index contributed by atoms with van der Waals surface area (Å²) in [5, 5.41) is 3.08. The molecular weight excluding hydrogens is 270 g/mol. The van der Waals surface area contributed by atoms with Crippen LogP contribution >= 0.6 is 0 Å². The number of hydrogen-bond acceptors (Lipinski definition) is 5. The first-order chi connectivity index (χ1) is 9.67. The Hall–Kier alpha value is -1.36. The van der Waals surface area contributed by atoms with Crippen molar-refractivity contribution in [3.8, 4) is 0 Å². The zero-order chi connectivity index (χ0) is 16.5. The van der Waals surface area contributed by atoms with E-state index in [4.69, 9.17) is 9.47 Å². The molecule has 0 rings (SSSR count). The maximum atomic E-state index is 12.1. The molecule has 21 heavy (non-hydrogen) atoms. The second-order valence-electron chi connectivity index (χ2n) is 6.23. The lowest BCUT2D eigenvalue weighted by molar-refractivity contribution is -0.158. The summed E-state index contributed by atoms with van der Waals surface area (Å²) in [5.41, 5.74) is -0.508. The number of esters is 2. The van der Waals surface area contributed by atoms with Crippen LogP contribution in [0.2, 0.25) is 0 Å². The Morgan fingerprint density at radius 1 is 1.24 bits per heavy atom. The van der Waals surface area contributed by atoms with Crippen molar-refractivity contribution in [3.63, 3.8) is 0 Å². The van der Waals surface area contributed by atoms with Gasteiger partial charge in [0, 0.05) is 12.6 Å². The highest BCUT2D eigenvalue weighted by Gasteiger charge is 2.26. The summed E-state index contributed by atoms with van der Waals surface area (Å²) in [6, 6.07) is -0.402. The van der Waals surface area contributed by atoms with Crippen molar-refractivity contribution in [3.05, 3.63) is 12.2 Å². The fourth-order valence-corrected chi connectivity index (χ4v) is 1.56. The van der Waals surface area contributed by atoms with Crippen molar-refractivity contribution in [2.75, 3.05) is 13.2 Å². The quantitative estimate of drug-likeness (QED) is 0.551. The van der Waals surface area contributed by atoms with Crippen LogP contribution in [0.1, 0.15) is 48.0 Å². The molecule has 0 heterocycles. The van der Waals surface area contributed by atoms with Gasteiger partial charge in [0.05, 0.1) is 6.61 Å². The van der Waals surface area contributed by atoms with E-state index >= 15 is 0 Å². The third-order valence-corrected chi connectivity index (χ3v) is 2.49. The predicted octanol–water partition coefficient (Wildman–Crippen LogP) is 2.45. The maximum Gasteiger partial charge on any atom is 0.330 e. The van der Waals surface area contributed by atoms with Gasteiger partial charge in [0.2, 0.25) is 0 Å². The van der Waals surface area contributed by atoms with E-state index in [-0.39, 0.29) is 17.9 Å². The van der Waals surface area contributed by atoms with E-state index in [2.05, 4.69) is 5.32 Å². The van der Waals surface area contributed by atoms with Gasteiger partial charge in [0.1, 0.15) is 11.6 Å². The topological polar surface area (TPSA) is 64.6 Å². The van der Waals surface area contributed by atoms with Gasteiger partial charge >= 0.3 is 11.9 Å². The number of carbonyl (C=O) groups excluding carboxylic acids is 2. The minimum atomic E-state index is -0.508. The molecule has 5 nitrogen and oxygen atoms in total. The number of rotatable bonds is 8. The summed E-state index contributed by atoms with van der Waals surface area (Å²) >= 11 is 0. The van der Waals surface area contributed by atoms with Crippen LogP contribution in [0.5, 0.6) is 0 Å². The van der Waals surface area contributed by atoms with E-state index in [1.165, 1.54) is 6.08 Å². The molecule has 0 aromatic heterocycles. The van der Waals surface area contributed by atoms with Gasteiger partial charge in [-0.15, -0.1) is 0 Å². The number of hydrogen-bond donors (Lipinski definition) is 1. The molecule has 0 aliphatic carbocycles. The average molecular weight is 299 g/mol. The minimum Gasteiger partial charge on any atom is -0.463 e. The van der Waals surface area contributed by atoms with Crippen molar-refractivity contribution in [1.29, 1.82) is 0 Å². The third-order valence-electron chi connectivity index (χ3n) is 2.49.